The summed E-state index contributed by atoms with van der Waals surface area (Å²) in [5.41, 5.74) is 1.66. The molecule has 148 valence electrons. The van der Waals surface area contributed by atoms with Gasteiger partial charge in [0.25, 0.3) is 5.91 Å². The van der Waals surface area contributed by atoms with Gasteiger partial charge in [0.2, 0.25) is 0 Å². The van der Waals surface area contributed by atoms with Crippen LogP contribution in [0.15, 0.2) is 59.5 Å². The first-order valence-corrected chi connectivity index (χ1v) is 11.3. The fraction of sp³-hybridized carbons (Fsp3) is 0.409. The molecule has 6 heteroatoms. The zero-order valence-electron chi connectivity index (χ0n) is 16.3. The van der Waals surface area contributed by atoms with Gasteiger partial charge in [-0.3, -0.25) is 4.79 Å². The number of carbonyl (C=O) groups is 1. The number of rotatable bonds is 4. The summed E-state index contributed by atoms with van der Waals surface area (Å²) in [5.74, 6) is 0.0201. The summed E-state index contributed by atoms with van der Waals surface area (Å²) in [6.07, 6.45) is 2.80. The van der Waals surface area contributed by atoms with E-state index in [4.69, 9.17) is 0 Å². The van der Waals surface area contributed by atoms with Gasteiger partial charge in [0.1, 0.15) is 0 Å². The maximum absolute atomic E-state index is 13.2. The molecular formula is C22H26N2O3S. The minimum Gasteiger partial charge on any atom is -0.378 e. The van der Waals surface area contributed by atoms with Crippen molar-refractivity contribution >= 4 is 21.4 Å². The van der Waals surface area contributed by atoms with Crippen LogP contribution >= 0.6 is 0 Å². The summed E-state index contributed by atoms with van der Waals surface area (Å²) in [5, 5.41) is -0.412. The van der Waals surface area contributed by atoms with Gasteiger partial charge in [0, 0.05) is 37.4 Å². The van der Waals surface area contributed by atoms with E-state index in [1.807, 2.05) is 54.2 Å². The Hall–Kier alpha value is -2.34. The lowest BCUT2D eigenvalue weighted by Gasteiger charge is -2.38. The van der Waals surface area contributed by atoms with Gasteiger partial charge in [-0.05, 0) is 56.0 Å². The number of piperidine rings is 1. The normalized spacial score (nSPS) is 24.2. The lowest BCUT2D eigenvalue weighted by atomic mass is 10.0. The van der Waals surface area contributed by atoms with Crippen molar-refractivity contribution in [2.75, 3.05) is 19.0 Å². The van der Waals surface area contributed by atoms with Crippen LogP contribution in [0.4, 0.5) is 5.69 Å². The molecule has 0 spiro atoms. The molecule has 0 aromatic heterocycles. The third-order valence-electron chi connectivity index (χ3n) is 6.04. The van der Waals surface area contributed by atoms with E-state index < -0.39 is 15.1 Å². The van der Waals surface area contributed by atoms with Gasteiger partial charge in [-0.2, -0.15) is 0 Å². The highest BCUT2D eigenvalue weighted by atomic mass is 32.2. The van der Waals surface area contributed by atoms with Crippen LogP contribution in [-0.4, -0.2) is 50.7 Å². The molecule has 5 nitrogen and oxygen atoms in total. The first-order chi connectivity index (χ1) is 13.4. The number of sulfone groups is 1. The smallest absolute Gasteiger partial charge is 0.254 e. The number of carbonyl (C=O) groups excluding carboxylic acids is 1. The summed E-state index contributed by atoms with van der Waals surface area (Å²) in [6.45, 7) is 0. The molecule has 0 saturated carbocycles. The van der Waals surface area contributed by atoms with E-state index in [1.54, 1.807) is 24.3 Å². The molecule has 4 rings (SSSR count). The van der Waals surface area contributed by atoms with Crippen molar-refractivity contribution in [2.24, 2.45) is 0 Å². The van der Waals surface area contributed by atoms with Crippen molar-refractivity contribution in [1.29, 1.82) is 0 Å². The van der Waals surface area contributed by atoms with E-state index in [0.29, 0.717) is 23.3 Å². The lowest BCUT2D eigenvalue weighted by molar-refractivity contribution is 0.0598. The van der Waals surface area contributed by atoms with Crippen molar-refractivity contribution in [3.05, 3.63) is 60.2 Å². The fourth-order valence-electron chi connectivity index (χ4n) is 4.58. The van der Waals surface area contributed by atoms with Crippen LogP contribution in [-0.2, 0) is 9.84 Å². The molecule has 2 aliphatic heterocycles. The Morgan fingerprint density at radius 2 is 1.61 bits per heavy atom. The maximum atomic E-state index is 13.2. The van der Waals surface area contributed by atoms with Gasteiger partial charge in [0.15, 0.2) is 9.84 Å². The topological polar surface area (TPSA) is 57.7 Å². The average molecular weight is 399 g/mol. The predicted octanol–water partition coefficient (Wildman–Crippen LogP) is 3.36. The summed E-state index contributed by atoms with van der Waals surface area (Å²) in [6, 6.07) is 16.3. The van der Waals surface area contributed by atoms with Crippen LogP contribution < -0.4 is 4.90 Å². The van der Waals surface area contributed by atoms with Gasteiger partial charge in [-0.15, -0.1) is 0 Å². The minimum absolute atomic E-state index is 0.00208. The molecule has 2 bridgehead atoms. The molecule has 2 aromatic rings. The van der Waals surface area contributed by atoms with Crippen LogP contribution in [0.3, 0.4) is 0 Å². The minimum atomic E-state index is -3.36. The third kappa shape index (κ3) is 3.30. The van der Waals surface area contributed by atoms with Crippen LogP contribution in [0.25, 0.3) is 0 Å². The van der Waals surface area contributed by atoms with Crippen LogP contribution in [0, 0.1) is 0 Å². The number of benzene rings is 2. The highest BCUT2D eigenvalue weighted by Crippen LogP contribution is 2.40. The Labute approximate surface area is 166 Å². The summed E-state index contributed by atoms with van der Waals surface area (Å²) in [4.78, 5) is 17.5. The van der Waals surface area contributed by atoms with Gasteiger partial charge in [-0.25, -0.2) is 8.42 Å². The number of fused-ring (bicyclic) bond motifs is 2. The first-order valence-electron chi connectivity index (χ1n) is 9.77. The third-order valence-corrected chi connectivity index (χ3v) is 8.24. The van der Waals surface area contributed by atoms with E-state index in [2.05, 4.69) is 0 Å². The molecule has 2 heterocycles. The Morgan fingerprint density at radius 1 is 0.964 bits per heavy atom. The molecule has 2 unspecified atom stereocenters. The van der Waals surface area contributed by atoms with Crippen molar-refractivity contribution in [3.8, 4) is 0 Å². The van der Waals surface area contributed by atoms with E-state index in [1.165, 1.54) is 0 Å². The molecule has 2 fully saturated rings. The van der Waals surface area contributed by atoms with E-state index in [0.717, 1.165) is 18.5 Å². The highest BCUT2D eigenvalue weighted by molar-refractivity contribution is 7.92. The first kappa shape index (κ1) is 19.0. The van der Waals surface area contributed by atoms with E-state index in [9.17, 15) is 13.2 Å². The van der Waals surface area contributed by atoms with Gasteiger partial charge >= 0.3 is 0 Å². The molecule has 0 radical (unpaired) electrons. The monoisotopic (exact) mass is 398 g/mol. The molecule has 2 aliphatic rings. The van der Waals surface area contributed by atoms with Crippen LogP contribution in [0.5, 0.6) is 0 Å². The lowest BCUT2D eigenvalue weighted by Crippen LogP contribution is -2.49. The fourth-order valence-corrected chi connectivity index (χ4v) is 6.45. The zero-order valence-corrected chi connectivity index (χ0v) is 17.1. The predicted molar refractivity (Wildman–Crippen MR) is 110 cm³/mol. The molecule has 1 amide bonds. The second kappa shape index (κ2) is 7.24. The zero-order chi connectivity index (χ0) is 19.9. The Morgan fingerprint density at radius 3 is 2.21 bits per heavy atom. The number of amides is 1. The van der Waals surface area contributed by atoms with E-state index >= 15 is 0 Å². The van der Waals surface area contributed by atoms with Gasteiger partial charge in [-0.1, -0.05) is 24.3 Å². The van der Waals surface area contributed by atoms with Crippen molar-refractivity contribution in [2.45, 2.75) is 47.9 Å². The molecule has 0 aliphatic carbocycles. The Kier molecular flexibility index (Phi) is 4.91. The second-order valence-electron chi connectivity index (χ2n) is 7.99. The summed E-state index contributed by atoms with van der Waals surface area (Å²) in [7, 11) is 0.539. The standard InChI is InChI=1S/C22H26N2O3S/c1-23(2)17-8-6-7-16(13-17)22(25)24-18-11-12-19(24)15-21(14-18)28(26,27)20-9-4-3-5-10-20/h3-10,13,18-19,21H,11-12,14-15H2,1-2H3. The van der Waals surface area contributed by atoms with Crippen LogP contribution in [0.1, 0.15) is 36.0 Å². The van der Waals surface area contributed by atoms with Gasteiger partial charge < -0.3 is 9.80 Å². The largest absolute Gasteiger partial charge is 0.378 e. The summed E-state index contributed by atoms with van der Waals surface area (Å²) < 4.78 is 26.1. The van der Waals surface area contributed by atoms with Crippen molar-refractivity contribution in [1.82, 2.24) is 4.90 Å². The van der Waals surface area contributed by atoms with Gasteiger partial charge in [0.05, 0.1) is 10.1 Å². The second-order valence-corrected chi connectivity index (χ2v) is 10.2. The Bertz CT molecular complexity index is 958. The molecule has 0 N–H and O–H groups in total. The quantitative estimate of drug-likeness (QED) is 0.792. The number of nitrogens with zero attached hydrogens (tertiary/aromatic N) is 2. The average Bonchev–Trinajstić information content (AvgIpc) is 2.96. The summed E-state index contributed by atoms with van der Waals surface area (Å²) >= 11 is 0. The van der Waals surface area contributed by atoms with E-state index in [-0.39, 0.29) is 18.0 Å². The SMILES string of the molecule is CN(C)c1cccc(C(=O)N2C3CCC2CC(S(=O)(=O)c2ccccc2)C3)c1. The Balaban J connectivity index is 1.56. The van der Waals surface area contributed by atoms with Crippen LogP contribution in [0.2, 0.25) is 0 Å². The van der Waals surface area contributed by atoms with Crippen molar-refractivity contribution in [3.63, 3.8) is 0 Å². The molecule has 28 heavy (non-hydrogen) atoms. The molecule has 2 aromatic carbocycles. The maximum Gasteiger partial charge on any atom is 0.254 e. The number of hydrogen-bond acceptors (Lipinski definition) is 4. The molecular weight excluding hydrogens is 372 g/mol. The highest BCUT2D eigenvalue weighted by Gasteiger charge is 2.47. The molecule has 2 atom stereocenters. The van der Waals surface area contributed by atoms with Crippen molar-refractivity contribution < 1.29 is 13.2 Å². The molecule has 2 saturated heterocycles. The number of hydrogen-bond donors (Lipinski definition) is 0. The number of anilines is 1.